The van der Waals surface area contributed by atoms with Crippen LogP contribution in [0.3, 0.4) is 0 Å². The summed E-state index contributed by atoms with van der Waals surface area (Å²) in [6, 6.07) is 14.5. The molecule has 1 saturated heterocycles. The molecule has 1 aliphatic heterocycles. The third-order valence-corrected chi connectivity index (χ3v) is 6.30. The fourth-order valence-corrected chi connectivity index (χ4v) is 4.44. The van der Waals surface area contributed by atoms with Crippen molar-refractivity contribution in [3.63, 3.8) is 0 Å². The maximum atomic E-state index is 13.9. The smallest absolute Gasteiger partial charge is 0.233 e. The first kappa shape index (κ1) is 22.3. The minimum Gasteiger partial charge on any atom is -0.378 e. The number of halogens is 1. The van der Waals surface area contributed by atoms with Crippen LogP contribution in [0.4, 0.5) is 10.3 Å². The van der Waals surface area contributed by atoms with Crippen LogP contribution in [0, 0.1) is 12.7 Å². The summed E-state index contributed by atoms with van der Waals surface area (Å²) in [6.07, 6.45) is 0. The molecule has 2 aromatic carbocycles. The fraction of sp³-hybridized carbons (Fsp3) is 0.348. The molecule has 1 amide bonds. The highest BCUT2D eigenvalue weighted by atomic mass is 32.2. The number of anilines is 1. The van der Waals surface area contributed by atoms with E-state index in [-0.39, 0.29) is 24.0 Å². The van der Waals surface area contributed by atoms with E-state index in [0.717, 1.165) is 30.3 Å². The highest BCUT2D eigenvalue weighted by Crippen LogP contribution is 2.29. The third-order valence-electron chi connectivity index (χ3n) is 5.38. The van der Waals surface area contributed by atoms with Crippen LogP contribution in [0.25, 0.3) is 5.69 Å². The molecule has 168 valence electrons. The van der Waals surface area contributed by atoms with Crippen molar-refractivity contribution in [3.05, 3.63) is 65.5 Å². The quantitative estimate of drug-likeness (QED) is 0.510. The van der Waals surface area contributed by atoms with Gasteiger partial charge in [0, 0.05) is 32.2 Å². The van der Waals surface area contributed by atoms with Crippen LogP contribution in [-0.2, 0) is 16.1 Å². The lowest BCUT2D eigenvalue weighted by Gasteiger charge is -2.28. The van der Waals surface area contributed by atoms with Crippen LogP contribution < -0.4 is 4.90 Å². The summed E-state index contributed by atoms with van der Waals surface area (Å²) in [7, 11) is 1.68. The van der Waals surface area contributed by atoms with Crippen molar-refractivity contribution in [2.24, 2.45) is 0 Å². The van der Waals surface area contributed by atoms with Crippen LogP contribution in [0.1, 0.15) is 11.1 Å². The molecule has 0 atom stereocenters. The van der Waals surface area contributed by atoms with Crippen LogP contribution in [-0.4, -0.2) is 64.7 Å². The van der Waals surface area contributed by atoms with Gasteiger partial charge in [-0.3, -0.25) is 9.36 Å². The van der Waals surface area contributed by atoms with Crippen LogP contribution in [0.5, 0.6) is 0 Å². The van der Waals surface area contributed by atoms with E-state index < -0.39 is 0 Å². The molecular weight excluding hydrogens is 429 g/mol. The molecule has 1 aliphatic rings. The Morgan fingerprint density at radius 2 is 1.84 bits per heavy atom. The number of amides is 1. The van der Waals surface area contributed by atoms with Crippen molar-refractivity contribution >= 4 is 23.6 Å². The van der Waals surface area contributed by atoms with Gasteiger partial charge in [-0.15, -0.1) is 10.2 Å². The monoisotopic (exact) mass is 455 g/mol. The number of benzene rings is 2. The summed E-state index contributed by atoms with van der Waals surface area (Å²) in [4.78, 5) is 16.4. The second kappa shape index (κ2) is 10.1. The van der Waals surface area contributed by atoms with Gasteiger partial charge in [0.1, 0.15) is 5.82 Å². The number of rotatable bonds is 7. The summed E-state index contributed by atoms with van der Waals surface area (Å²) in [5, 5.41) is 9.50. The Labute approximate surface area is 191 Å². The van der Waals surface area contributed by atoms with E-state index in [2.05, 4.69) is 15.1 Å². The van der Waals surface area contributed by atoms with Crippen LogP contribution in [0.15, 0.2) is 53.7 Å². The summed E-state index contributed by atoms with van der Waals surface area (Å²) < 4.78 is 21.4. The van der Waals surface area contributed by atoms with E-state index in [1.54, 1.807) is 25.2 Å². The molecule has 0 unspecified atom stereocenters. The van der Waals surface area contributed by atoms with Crippen LogP contribution >= 0.6 is 11.8 Å². The Balaban J connectivity index is 1.53. The number of morpholine rings is 1. The van der Waals surface area contributed by atoms with Gasteiger partial charge in [0.2, 0.25) is 11.9 Å². The molecule has 0 spiro atoms. The molecule has 9 heteroatoms. The Morgan fingerprint density at radius 3 is 2.59 bits per heavy atom. The first-order valence-electron chi connectivity index (χ1n) is 10.5. The molecule has 0 aliphatic carbocycles. The molecule has 4 rings (SSSR count). The Hall–Kier alpha value is -2.91. The minimum absolute atomic E-state index is 0.106. The van der Waals surface area contributed by atoms with Crippen molar-refractivity contribution in [1.82, 2.24) is 19.7 Å². The first-order chi connectivity index (χ1) is 15.5. The van der Waals surface area contributed by atoms with E-state index in [1.165, 1.54) is 22.7 Å². The average molecular weight is 456 g/mol. The molecule has 1 aromatic heterocycles. The highest BCUT2D eigenvalue weighted by Gasteiger charge is 2.23. The van der Waals surface area contributed by atoms with Gasteiger partial charge in [-0.2, -0.15) is 0 Å². The van der Waals surface area contributed by atoms with Gasteiger partial charge in [0.15, 0.2) is 5.16 Å². The molecule has 0 bridgehead atoms. The molecule has 3 aromatic rings. The predicted octanol–water partition coefficient (Wildman–Crippen LogP) is 3.30. The SMILES string of the molecule is Cc1ccccc1-n1c(SCC(=O)N(C)Cc2ccccc2F)nnc1N1CCOCC1. The van der Waals surface area contributed by atoms with Crippen molar-refractivity contribution in [3.8, 4) is 5.69 Å². The number of carbonyl (C=O) groups excluding carboxylic acids is 1. The zero-order valence-electron chi connectivity index (χ0n) is 18.2. The largest absolute Gasteiger partial charge is 0.378 e. The topological polar surface area (TPSA) is 63.5 Å². The number of para-hydroxylation sites is 1. The Morgan fingerprint density at radius 1 is 1.12 bits per heavy atom. The maximum absolute atomic E-state index is 13.9. The lowest BCUT2D eigenvalue weighted by atomic mass is 10.2. The van der Waals surface area contributed by atoms with Crippen LogP contribution in [0.2, 0.25) is 0 Å². The second-order valence-corrected chi connectivity index (χ2v) is 8.58. The number of hydrogen-bond donors (Lipinski definition) is 0. The summed E-state index contributed by atoms with van der Waals surface area (Å²) in [5.41, 5.74) is 2.56. The molecule has 32 heavy (non-hydrogen) atoms. The van der Waals surface area contributed by atoms with Gasteiger partial charge in [0.05, 0.1) is 24.7 Å². The molecule has 2 heterocycles. The van der Waals surface area contributed by atoms with Crippen molar-refractivity contribution in [1.29, 1.82) is 0 Å². The molecule has 0 N–H and O–H groups in total. The number of nitrogens with zero attached hydrogens (tertiary/aromatic N) is 5. The van der Waals surface area contributed by atoms with Gasteiger partial charge < -0.3 is 14.5 Å². The minimum atomic E-state index is -0.311. The zero-order chi connectivity index (χ0) is 22.5. The number of hydrogen-bond acceptors (Lipinski definition) is 6. The standard InChI is InChI=1S/C23H26FN5O2S/c1-17-7-3-6-10-20(17)29-22(28-11-13-31-14-12-28)25-26-23(29)32-16-21(30)27(2)15-18-8-4-5-9-19(18)24/h3-10H,11-16H2,1-2H3. The van der Waals surface area contributed by atoms with E-state index >= 15 is 0 Å². The van der Waals surface area contributed by atoms with E-state index in [0.29, 0.717) is 23.9 Å². The van der Waals surface area contributed by atoms with Crippen molar-refractivity contribution < 1.29 is 13.9 Å². The third kappa shape index (κ3) is 4.94. The number of aromatic nitrogens is 3. The number of aryl methyl sites for hydroxylation is 1. The molecular formula is C23H26FN5O2S. The van der Waals surface area contributed by atoms with E-state index in [4.69, 9.17) is 4.74 Å². The van der Waals surface area contributed by atoms with E-state index in [9.17, 15) is 9.18 Å². The number of thioether (sulfide) groups is 1. The van der Waals surface area contributed by atoms with Gasteiger partial charge in [-0.1, -0.05) is 48.2 Å². The zero-order valence-corrected chi connectivity index (χ0v) is 19.0. The lowest BCUT2D eigenvalue weighted by Crippen LogP contribution is -2.38. The number of carbonyl (C=O) groups is 1. The summed E-state index contributed by atoms with van der Waals surface area (Å²) >= 11 is 1.33. The Kier molecular flexibility index (Phi) is 7.06. The highest BCUT2D eigenvalue weighted by molar-refractivity contribution is 7.99. The summed E-state index contributed by atoms with van der Waals surface area (Å²) in [6.45, 7) is 5.01. The van der Waals surface area contributed by atoms with Crippen molar-refractivity contribution in [2.75, 3.05) is 44.0 Å². The predicted molar refractivity (Wildman–Crippen MR) is 123 cm³/mol. The van der Waals surface area contributed by atoms with Crippen molar-refractivity contribution in [2.45, 2.75) is 18.6 Å². The van der Waals surface area contributed by atoms with Gasteiger partial charge in [-0.25, -0.2) is 4.39 Å². The van der Waals surface area contributed by atoms with Gasteiger partial charge in [-0.05, 0) is 24.6 Å². The lowest BCUT2D eigenvalue weighted by molar-refractivity contribution is -0.127. The Bertz CT molecular complexity index is 1080. The number of ether oxygens (including phenoxy) is 1. The van der Waals surface area contributed by atoms with Gasteiger partial charge >= 0.3 is 0 Å². The molecule has 7 nitrogen and oxygen atoms in total. The summed E-state index contributed by atoms with van der Waals surface area (Å²) in [5.74, 6) is 0.509. The van der Waals surface area contributed by atoms with Gasteiger partial charge in [0.25, 0.3) is 0 Å². The fourth-order valence-electron chi connectivity index (χ4n) is 3.56. The average Bonchev–Trinajstić information content (AvgIpc) is 3.23. The first-order valence-corrected chi connectivity index (χ1v) is 11.5. The second-order valence-electron chi connectivity index (χ2n) is 7.63. The molecule has 1 fully saturated rings. The maximum Gasteiger partial charge on any atom is 0.233 e. The molecule has 0 saturated carbocycles. The van der Waals surface area contributed by atoms with E-state index in [1.807, 2.05) is 35.8 Å². The normalized spacial score (nSPS) is 13.9. The molecule has 0 radical (unpaired) electrons.